The molecule has 2 heterocycles. The highest BCUT2D eigenvalue weighted by Gasteiger charge is 2.16. The quantitative estimate of drug-likeness (QED) is 0.491. The van der Waals surface area contributed by atoms with Gasteiger partial charge in [0.05, 0.1) is 6.20 Å². The highest BCUT2D eigenvalue weighted by atomic mass is 35.5. The minimum Gasteiger partial charge on any atom is -0.492 e. The lowest BCUT2D eigenvalue weighted by Gasteiger charge is -2.11. The molecule has 0 fully saturated rings. The molecule has 2 aromatic heterocycles. The summed E-state index contributed by atoms with van der Waals surface area (Å²) >= 11 is 0. The van der Waals surface area contributed by atoms with Crippen molar-refractivity contribution in [1.29, 1.82) is 0 Å². The Kier molecular flexibility index (Phi) is 6.21. The van der Waals surface area contributed by atoms with Crippen LogP contribution in [0.15, 0.2) is 36.5 Å². The maximum absolute atomic E-state index is 11.3. The minimum atomic E-state index is -1.08. The number of ether oxygens (including phenoxy) is 1. The van der Waals surface area contributed by atoms with Gasteiger partial charge in [-0.2, -0.15) is 9.61 Å². The average molecular weight is 379 g/mol. The molecule has 10 heteroatoms. The van der Waals surface area contributed by atoms with Gasteiger partial charge in [0.1, 0.15) is 29.6 Å². The van der Waals surface area contributed by atoms with Crippen LogP contribution < -0.4 is 21.1 Å². The van der Waals surface area contributed by atoms with Crippen LogP contribution >= 0.6 is 12.4 Å². The minimum absolute atomic E-state index is 0. The van der Waals surface area contributed by atoms with Crippen LogP contribution in [-0.2, 0) is 0 Å². The number of nitrogens with two attached hydrogens (primary N) is 1. The van der Waals surface area contributed by atoms with E-state index in [1.54, 1.807) is 13.1 Å². The fraction of sp³-hybridized carbons (Fsp3) is 0.188. The number of halogens is 1. The normalized spacial score (nSPS) is 10.2. The Morgan fingerprint density at radius 1 is 1.38 bits per heavy atom. The lowest BCUT2D eigenvalue weighted by molar-refractivity contribution is 0.0699. The van der Waals surface area contributed by atoms with Gasteiger partial charge in [0.25, 0.3) is 0 Å². The maximum Gasteiger partial charge on any atom is 0.341 e. The van der Waals surface area contributed by atoms with Crippen LogP contribution in [0, 0.1) is 0 Å². The number of nitrogens with zero attached hydrogens (tertiary/aromatic N) is 3. The number of benzene rings is 1. The molecular weight excluding hydrogens is 360 g/mol. The van der Waals surface area contributed by atoms with Gasteiger partial charge in [0.15, 0.2) is 5.65 Å². The third kappa shape index (κ3) is 3.95. The van der Waals surface area contributed by atoms with Crippen LogP contribution in [0.5, 0.6) is 5.75 Å². The molecule has 0 bridgehead atoms. The van der Waals surface area contributed by atoms with Gasteiger partial charge < -0.3 is 26.2 Å². The Morgan fingerprint density at radius 3 is 2.88 bits per heavy atom. The molecule has 0 unspecified atom stereocenters. The Balaban J connectivity index is 0.00000243. The van der Waals surface area contributed by atoms with Crippen LogP contribution in [0.2, 0.25) is 0 Å². The molecule has 3 aromatic rings. The largest absolute Gasteiger partial charge is 0.492 e. The number of aromatic nitrogens is 3. The van der Waals surface area contributed by atoms with Gasteiger partial charge in [-0.1, -0.05) is 6.07 Å². The lowest BCUT2D eigenvalue weighted by atomic mass is 10.3. The maximum atomic E-state index is 11.3. The van der Waals surface area contributed by atoms with E-state index in [2.05, 4.69) is 20.7 Å². The fourth-order valence-corrected chi connectivity index (χ4v) is 2.34. The van der Waals surface area contributed by atoms with Crippen molar-refractivity contribution in [1.82, 2.24) is 14.6 Å². The van der Waals surface area contributed by atoms with Crippen LogP contribution in [0.25, 0.3) is 5.65 Å². The average Bonchev–Trinajstić information content (AvgIpc) is 3.03. The number of carboxylic acids is 1. The van der Waals surface area contributed by atoms with E-state index in [4.69, 9.17) is 10.5 Å². The highest BCUT2D eigenvalue weighted by molar-refractivity contribution is 5.94. The first kappa shape index (κ1) is 19.3. The van der Waals surface area contributed by atoms with Crippen LogP contribution in [-0.4, -0.2) is 45.9 Å². The second kappa shape index (κ2) is 8.37. The molecule has 0 aliphatic carbocycles. The summed E-state index contributed by atoms with van der Waals surface area (Å²) in [6, 6.07) is 9.08. The van der Waals surface area contributed by atoms with Crippen molar-refractivity contribution >= 4 is 41.3 Å². The van der Waals surface area contributed by atoms with Crippen molar-refractivity contribution in [2.75, 3.05) is 30.8 Å². The number of hydrogen-bond acceptors (Lipinski definition) is 7. The second-order valence-electron chi connectivity index (χ2n) is 5.17. The van der Waals surface area contributed by atoms with E-state index >= 15 is 0 Å². The molecule has 138 valence electrons. The first-order chi connectivity index (χ1) is 12.1. The Labute approximate surface area is 155 Å². The van der Waals surface area contributed by atoms with E-state index in [1.165, 1.54) is 10.7 Å². The molecule has 5 N–H and O–H groups in total. The first-order valence-electron chi connectivity index (χ1n) is 7.62. The number of nitrogens with one attached hydrogen (secondary N) is 2. The summed E-state index contributed by atoms with van der Waals surface area (Å²) < 4.78 is 6.94. The number of fused-ring (bicyclic) bond motifs is 1. The predicted molar refractivity (Wildman–Crippen MR) is 101 cm³/mol. The van der Waals surface area contributed by atoms with Crippen LogP contribution in [0.4, 0.5) is 17.3 Å². The smallest absolute Gasteiger partial charge is 0.341 e. The zero-order valence-electron chi connectivity index (χ0n) is 14.0. The lowest BCUT2D eigenvalue weighted by Crippen LogP contribution is -2.10. The molecule has 26 heavy (non-hydrogen) atoms. The molecule has 0 radical (unpaired) electrons. The summed E-state index contributed by atoms with van der Waals surface area (Å²) in [5, 5.41) is 19.5. The van der Waals surface area contributed by atoms with Crippen molar-refractivity contribution in [2.24, 2.45) is 5.73 Å². The summed E-state index contributed by atoms with van der Waals surface area (Å²) in [5.74, 6) is 0.686. The zero-order valence-corrected chi connectivity index (χ0v) is 14.8. The summed E-state index contributed by atoms with van der Waals surface area (Å²) in [4.78, 5) is 15.7. The van der Waals surface area contributed by atoms with E-state index in [9.17, 15) is 9.90 Å². The molecule has 0 atom stereocenters. The Bertz CT molecular complexity index is 914. The molecule has 0 spiro atoms. The molecule has 9 nitrogen and oxygen atoms in total. The third-order valence-corrected chi connectivity index (χ3v) is 3.45. The van der Waals surface area contributed by atoms with Gasteiger partial charge in [0.2, 0.25) is 0 Å². The monoisotopic (exact) mass is 378 g/mol. The molecule has 0 saturated heterocycles. The summed E-state index contributed by atoms with van der Waals surface area (Å²) in [6.07, 6.45) is 1.27. The van der Waals surface area contributed by atoms with Crippen LogP contribution in [0.1, 0.15) is 10.4 Å². The van der Waals surface area contributed by atoms with E-state index in [0.717, 1.165) is 5.69 Å². The van der Waals surface area contributed by atoms with Crippen molar-refractivity contribution in [3.63, 3.8) is 0 Å². The van der Waals surface area contributed by atoms with Gasteiger partial charge in [-0.05, 0) is 12.1 Å². The van der Waals surface area contributed by atoms with Crippen molar-refractivity contribution < 1.29 is 14.6 Å². The number of carbonyl (C=O) groups is 1. The number of hydrogen-bond donors (Lipinski definition) is 4. The van der Waals surface area contributed by atoms with E-state index in [0.29, 0.717) is 30.5 Å². The summed E-state index contributed by atoms with van der Waals surface area (Å²) in [6.45, 7) is 0.857. The number of aromatic carboxylic acids is 1. The van der Waals surface area contributed by atoms with Crippen molar-refractivity contribution in [3.8, 4) is 5.75 Å². The van der Waals surface area contributed by atoms with Crippen LogP contribution in [0.3, 0.4) is 0 Å². The van der Waals surface area contributed by atoms with Crippen molar-refractivity contribution in [3.05, 3.63) is 42.1 Å². The molecule has 0 saturated carbocycles. The van der Waals surface area contributed by atoms with Gasteiger partial charge in [0, 0.05) is 31.4 Å². The molecule has 3 rings (SSSR count). The molecular formula is C16H19ClN6O3. The van der Waals surface area contributed by atoms with E-state index in [1.807, 2.05) is 24.3 Å². The predicted octanol–water partition coefficient (Wildman–Crippen LogP) is 1.97. The zero-order chi connectivity index (χ0) is 17.8. The Morgan fingerprint density at radius 2 is 2.19 bits per heavy atom. The number of anilines is 3. The number of rotatable bonds is 7. The van der Waals surface area contributed by atoms with Gasteiger partial charge in [-0.25, -0.2) is 9.78 Å². The van der Waals surface area contributed by atoms with E-state index < -0.39 is 5.97 Å². The summed E-state index contributed by atoms with van der Waals surface area (Å²) in [7, 11) is 1.72. The molecule has 0 amide bonds. The molecule has 0 aliphatic heterocycles. The molecule has 0 aliphatic rings. The first-order valence-corrected chi connectivity index (χ1v) is 7.62. The standard InChI is InChI=1S/C16H18N6O3.ClH/c1-18-14-8-13(21-15-12(16(23)24)9-19-22(14)15)20-10-3-2-4-11(7-10)25-6-5-17;/h2-4,7-9,18H,5-6,17H2,1H3,(H,20,21)(H,23,24);1H. The SMILES string of the molecule is CNc1cc(Nc2cccc(OCCN)c2)nc2c(C(=O)O)cnn12.Cl. The highest BCUT2D eigenvalue weighted by Crippen LogP contribution is 2.24. The van der Waals surface area contributed by atoms with Crippen molar-refractivity contribution in [2.45, 2.75) is 0 Å². The molecule has 1 aromatic carbocycles. The Hall–Kier alpha value is -3.04. The second-order valence-corrected chi connectivity index (χ2v) is 5.17. The summed E-state index contributed by atoms with van der Waals surface area (Å²) in [5.41, 5.74) is 6.47. The topological polar surface area (TPSA) is 127 Å². The third-order valence-electron chi connectivity index (χ3n) is 3.45. The fourth-order valence-electron chi connectivity index (χ4n) is 2.34. The van der Waals surface area contributed by atoms with Gasteiger partial charge in [-0.15, -0.1) is 12.4 Å². The number of carboxylic acid groups (broad SMARTS) is 1. The van der Waals surface area contributed by atoms with Gasteiger partial charge in [-0.3, -0.25) is 0 Å². The van der Waals surface area contributed by atoms with Gasteiger partial charge >= 0.3 is 5.97 Å². The van der Waals surface area contributed by atoms with E-state index in [-0.39, 0.29) is 23.6 Å².